The number of amides is 3. The Morgan fingerprint density at radius 1 is 1.08 bits per heavy atom. The van der Waals surface area contributed by atoms with Crippen LogP contribution in [0.3, 0.4) is 0 Å². The van der Waals surface area contributed by atoms with Crippen LogP contribution in [0, 0.1) is 5.41 Å². The molecule has 2 rings (SSSR count). The highest BCUT2D eigenvalue weighted by atomic mass is 35.5. The molecule has 0 saturated carbocycles. The summed E-state index contributed by atoms with van der Waals surface area (Å²) in [4.78, 5) is 51.9. The predicted molar refractivity (Wildman–Crippen MR) is 144 cm³/mol. The van der Waals surface area contributed by atoms with Crippen molar-refractivity contribution < 1.29 is 28.7 Å². The van der Waals surface area contributed by atoms with Crippen LogP contribution in [0.2, 0.25) is 5.02 Å². The van der Waals surface area contributed by atoms with Crippen LogP contribution in [0.25, 0.3) is 0 Å². The Morgan fingerprint density at radius 3 is 2.32 bits per heavy atom. The third kappa shape index (κ3) is 9.74. The van der Waals surface area contributed by atoms with E-state index < -0.39 is 35.2 Å². The van der Waals surface area contributed by atoms with E-state index in [9.17, 15) is 19.2 Å². The average molecular weight is 556 g/mol. The van der Waals surface area contributed by atoms with Gasteiger partial charge < -0.3 is 25.0 Å². The van der Waals surface area contributed by atoms with Gasteiger partial charge in [0, 0.05) is 48.5 Å². The van der Waals surface area contributed by atoms with E-state index in [0.29, 0.717) is 23.1 Å². The van der Waals surface area contributed by atoms with Crippen molar-refractivity contribution in [3.05, 3.63) is 34.3 Å². The number of carbonyl (C=O) groups is 4. The molecule has 0 spiro atoms. The maximum atomic E-state index is 13.4. The number of hydrogen-bond donors (Lipinski definition) is 2. The standard InChI is InChI=1S/C26H38ClN3O6S/c1-16(31)35-21(25(2,3)4)23(33)30-10-11-37-15-20(30)22(32)28-14-18-12-19(27)9-8-17(18)13-29-24(34)36-26(5,6)7/h8-9,12,20-21H,10-11,13-15H2,1-7H3,(H,28,32)(H,29,34). The molecule has 2 N–H and O–H groups in total. The highest BCUT2D eigenvalue weighted by Crippen LogP contribution is 2.27. The number of hydrogen-bond acceptors (Lipinski definition) is 7. The number of thioether (sulfide) groups is 1. The molecule has 1 saturated heterocycles. The lowest BCUT2D eigenvalue weighted by Gasteiger charge is -2.39. The molecule has 11 heteroatoms. The summed E-state index contributed by atoms with van der Waals surface area (Å²) in [6.45, 7) is 12.8. The van der Waals surface area contributed by atoms with Crippen LogP contribution >= 0.6 is 23.4 Å². The van der Waals surface area contributed by atoms with Crippen molar-refractivity contribution in [2.75, 3.05) is 18.1 Å². The lowest BCUT2D eigenvalue weighted by Crippen LogP contribution is -2.58. The van der Waals surface area contributed by atoms with Gasteiger partial charge in [-0.15, -0.1) is 0 Å². The summed E-state index contributed by atoms with van der Waals surface area (Å²) in [5.74, 6) is -0.137. The van der Waals surface area contributed by atoms with Crippen LogP contribution < -0.4 is 10.6 Å². The molecule has 1 fully saturated rings. The number of benzene rings is 1. The van der Waals surface area contributed by atoms with E-state index in [-0.39, 0.29) is 24.9 Å². The first-order chi connectivity index (χ1) is 17.1. The van der Waals surface area contributed by atoms with Crippen molar-refractivity contribution >= 4 is 47.2 Å². The monoisotopic (exact) mass is 555 g/mol. The Hall–Kier alpha value is -2.46. The van der Waals surface area contributed by atoms with Crippen molar-refractivity contribution in [2.24, 2.45) is 5.41 Å². The molecular formula is C26H38ClN3O6S. The SMILES string of the molecule is CC(=O)OC(C(=O)N1CCSCC1C(=O)NCc1cc(Cl)ccc1CNC(=O)OC(C)(C)C)C(C)(C)C. The Bertz CT molecular complexity index is 1010. The van der Waals surface area contributed by atoms with Crippen LogP contribution in [-0.2, 0) is 36.9 Å². The van der Waals surface area contributed by atoms with Crippen molar-refractivity contribution in [1.29, 1.82) is 0 Å². The number of esters is 1. The summed E-state index contributed by atoms with van der Waals surface area (Å²) in [6, 6.07) is 4.50. The van der Waals surface area contributed by atoms with E-state index in [4.69, 9.17) is 21.1 Å². The molecule has 1 aromatic carbocycles. The fourth-order valence-electron chi connectivity index (χ4n) is 3.71. The predicted octanol–water partition coefficient (Wildman–Crippen LogP) is 3.90. The number of rotatable bonds is 7. The lowest BCUT2D eigenvalue weighted by atomic mass is 9.87. The van der Waals surface area contributed by atoms with Crippen molar-refractivity contribution in [3.63, 3.8) is 0 Å². The summed E-state index contributed by atoms with van der Waals surface area (Å²) in [6.07, 6.45) is -1.55. The fourth-order valence-corrected chi connectivity index (χ4v) is 4.95. The molecule has 0 aromatic heterocycles. The molecule has 0 aliphatic carbocycles. The first kappa shape index (κ1) is 30.8. The van der Waals surface area contributed by atoms with Crippen LogP contribution in [-0.4, -0.2) is 64.6 Å². The Labute approximate surface area is 228 Å². The van der Waals surface area contributed by atoms with Crippen LogP contribution in [0.1, 0.15) is 59.6 Å². The fraction of sp³-hybridized carbons (Fsp3) is 0.615. The van der Waals surface area contributed by atoms with E-state index in [0.717, 1.165) is 11.1 Å². The van der Waals surface area contributed by atoms with Crippen molar-refractivity contribution in [3.8, 4) is 0 Å². The van der Waals surface area contributed by atoms with Crippen LogP contribution in [0.4, 0.5) is 4.79 Å². The van der Waals surface area contributed by atoms with Gasteiger partial charge >= 0.3 is 12.1 Å². The van der Waals surface area contributed by atoms with Gasteiger partial charge in [0.25, 0.3) is 5.91 Å². The van der Waals surface area contributed by atoms with Gasteiger partial charge in [0.15, 0.2) is 6.10 Å². The largest absolute Gasteiger partial charge is 0.452 e. The molecule has 1 aliphatic rings. The van der Waals surface area contributed by atoms with E-state index >= 15 is 0 Å². The Kier molecular flexibility index (Phi) is 10.7. The van der Waals surface area contributed by atoms with Crippen LogP contribution in [0.15, 0.2) is 18.2 Å². The van der Waals surface area contributed by atoms with Crippen LogP contribution in [0.5, 0.6) is 0 Å². The van der Waals surface area contributed by atoms with Crippen molar-refractivity contribution in [2.45, 2.75) is 79.3 Å². The zero-order chi connectivity index (χ0) is 28.0. The lowest BCUT2D eigenvalue weighted by molar-refractivity contribution is -0.167. The van der Waals surface area contributed by atoms with E-state index in [1.807, 2.05) is 20.8 Å². The Morgan fingerprint density at radius 2 is 1.73 bits per heavy atom. The minimum absolute atomic E-state index is 0.153. The first-order valence-electron chi connectivity index (χ1n) is 12.2. The molecule has 1 aromatic rings. The minimum atomic E-state index is -0.998. The number of halogens is 1. The van der Waals surface area contributed by atoms with Crippen molar-refractivity contribution in [1.82, 2.24) is 15.5 Å². The summed E-state index contributed by atoms with van der Waals surface area (Å²) in [5, 5.41) is 6.12. The molecule has 206 valence electrons. The maximum absolute atomic E-state index is 13.4. The minimum Gasteiger partial charge on any atom is -0.452 e. The molecular weight excluding hydrogens is 518 g/mol. The van der Waals surface area contributed by atoms with E-state index in [2.05, 4.69) is 10.6 Å². The molecule has 0 bridgehead atoms. The number of nitrogens with one attached hydrogen (secondary N) is 2. The summed E-state index contributed by atoms with van der Waals surface area (Å²) in [7, 11) is 0. The maximum Gasteiger partial charge on any atom is 0.407 e. The Balaban J connectivity index is 2.13. The van der Waals surface area contributed by atoms with Gasteiger partial charge in [-0.1, -0.05) is 38.4 Å². The third-order valence-electron chi connectivity index (χ3n) is 5.45. The molecule has 2 unspecified atom stereocenters. The average Bonchev–Trinajstić information content (AvgIpc) is 2.78. The number of carbonyl (C=O) groups excluding carboxylic acids is 4. The third-order valence-corrected chi connectivity index (χ3v) is 6.71. The van der Waals surface area contributed by atoms with E-state index in [1.165, 1.54) is 11.8 Å². The molecule has 1 aliphatic heterocycles. The quantitative estimate of drug-likeness (QED) is 0.490. The molecule has 3 amide bonds. The molecule has 2 atom stereocenters. The smallest absolute Gasteiger partial charge is 0.407 e. The van der Waals surface area contributed by atoms with Gasteiger partial charge in [0.1, 0.15) is 11.6 Å². The zero-order valence-corrected chi connectivity index (χ0v) is 24.2. The number of alkyl carbamates (subject to hydrolysis) is 1. The van der Waals surface area contributed by atoms with Gasteiger partial charge in [-0.05, 0) is 44.0 Å². The highest BCUT2D eigenvalue weighted by Gasteiger charge is 2.42. The van der Waals surface area contributed by atoms with Gasteiger partial charge in [-0.25, -0.2) is 4.79 Å². The number of ether oxygens (including phenoxy) is 2. The topological polar surface area (TPSA) is 114 Å². The second-order valence-corrected chi connectivity index (χ2v) is 12.6. The summed E-state index contributed by atoms with van der Waals surface area (Å²) < 4.78 is 10.6. The normalized spacial score (nSPS) is 17.0. The second kappa shape index (κ2) is 12.9. The van der Waals surface area contributed by atoms with E-state index in [1.54, 1.807) is 50.7 Å². The number of nitrogens with zero attached hydrogens (tertiary/aromatic N) is 1. The highest BCUT2D eigenvalue weighted by molar-refractivity contribution is 7.99. The molecule has 0 radical (unpaired) electrons. The van der Waals surface area contributed by atoms with Gasteiger partial charge in [0.2, 0.25) is 5.91 Å². The molecule has 1 heterocycles. The summed E-state index contributed by atoms with van der Waals surface area (Å²) >= 11 is 7.78. The zero-order valence-electron chi connectivity index (χ0n) is 22.6. The van der Waals surface area contributed by atoms with Gasteiger partial charge in [0.05, 0.1) is 0 Å². The molecule has 37 heavy (non-hydrogen) atoms. The first-order valence-corrected chi connectivity index (χ1v) is 13.7. The summed E-state index contributed by atoms with van der Waals surface area (Å²) in [5.41, 5.74) is 0.240. The van der Waals surface area contributed by atoms with Gasteiger partial charge in [-0.3, -0.25) is 14.4 Å². The second-order valence-electron chi connectivity index (χ2n) is 11.0. The van der Waals surface area contributed by atoms with Gasteiger partial charge in [-0.2, -0.15) is 11.8 Å². The molecule has 9 nitrogen and oxygen atoms in total.